The Balaban J connectivity index is 1.75. The summed E-state index contributed by atoms with van der Waals surface area (Å²) >= 11 is 0. The van der Waals surface area contributed by atoms with Crippen molar-refractivity contribution in [1.82, 2.24) is 0 Å². The van der Waals surface area contributed by atoms with Crippen LogP contribution in [0.1, 0.15) is 26.2 Å². The summed E-state index contributed by atoms with van der Waals surface area (Å²) in [6, 6.07) is 0. The van der Waals surface area contributed by atoms with E-state index >= 15 is 0 Å². The lowest BCUT2D eigenvalue weighted by molar-refractivity contribution is 0.101. The molecule has 0 heteroatoms. The van der Waals surface area contributed by atoms with Crippen molar-refractivity contribution < 1.29 is 0 Å². The zero-order valence-corrected chi connectivity index (χ0v) is 7.16. The predicted molar refractivity (Wildman–Crippen MR) is 44.0 cm³/mol. The molecule has 0 saturated heterocycles. The highest BCUT2D eigenvalue weighted by Crippen LogP contribution is 2.77. The van der Waals surface area contributed by atoms with Crippen LogP contribution in [0.4, 0.5) is 0 Å². The molecule has 0 aromatic rings. The van der Waals surface area contributed by atoms with Crippen molar-refractivity contribution >= 4 is 0 Å². The van der Waals surface area contributed by atoms with Crippen LogP contribution in [0.25, 0.3) is 0 Å². The molecular weight excluding hydrogens is 132 g/mol. The average Bonchev–Trinajstić information content (AvgIpc) is 2.51. The molecule has 0 nitrogen and oxygen atoms in total. The summed E-state index contributed by atoms with van der Waals surface area (Å²) in [5, 5.41) is 0. The van der Waals surface area contributed by atoms with Crippen molar-refractivity contribution in [3.8, 4) is 0 Å². The summed E-state index contributed by atoms with van der Waals surface area (Å²) in [6.07, 6.45) is 4.81. The Morgan fingerprint density at radius 3 is 2.27 bits per heavy atom. The van der Waals surface area contributed by atoms with Gasteiger partial charge in [-0.2, -0.15) is 0 Å². The molecule has 0 aromatic heterocycles. The number of rotatable bonds is 0. The lowest BCUT2D eigenvalue weighted by Crippen LogP contribution is -2.32. The number of fused-ring (bicyclic) bond motifs is 6. The first-order valence-electron chi connectivity index (χ1n) is 5.38. The molecule has 11 heavy (non-hydrogen) atoms. The summed E-state index contributed by atoms with van der Waals surface area (Å²) in [7, 11) is 0. The fraction of sp³-hybridized carbons (Fsp3) is 1.00. The van der Waals surface area contributed by atoms with Crippen LogP contribution in [0.5, 0.6) is 0 Å². The Labute approximate surface area is 68.4 Å². The van der Waals surface area contributed by atoms with E-state index in [1.807, 2.05) is 0 Å². The third kappa shape index (κ3) is 0.421. The van der Waals surface area contributed by atoms with Crippen LogP contribution >= 0.6 is 0 Å². The fourth-order valence-electron chi connectivity index (χ4n) is 4.86. The van der Waals surface area contributed by atoms with Crippen LogP contribution in [0, 0.1) is 41.4 Å². The predicted octanol–water partition coefficient (Wildman–Crippen LogP) is 2.54. The van der Waals surface area contributed by atoms with Gasteiger partial charge in [0, 0.05) is 0 Å². The lowest BCUT2D eigenvalue weighted by atomic mass is 9.67. The summed E-state index contributed by atoms with van der Waals surface area (Å²) in [5.41, 5.74) is 0. The van der Waals surface area contributed by atoms with Crippen LogP contribution in [0.3, 0.4) is 0 Å². The molecule has 0 radical (unpaired) electrons. The molecule has 60 valence electrons. The highest BCUT2D eigenvalue weighted by molar-refractivity contribution is 5.19. The van der Waals surface area contributed by atoms with E-state index in [0.29, 0.717) is 0 Å². The first-order chi connectivity index (χ1) is 5.38. The second-order valence-electron chi connectivity index (χ2n) is 5.48. The van der Waals surface area contributed by atoms with Crippen LogP contribution in [-0.2, 0) is 0 Å². The van der Waals surface area contributed by atoms with Crippen molar-refractivity contribution in [3.05, 3.63) is 0 Å². The maximum atomic E-state index is 2.54. The van der Waals surface area contributed by atoms with E-state index in [4.69, 9.17) is 0 Å². The maximum absolute atomic E-state index is 2.54. The molecule has 0 heterocycles. The summed E-state index contributed by atoms with van der Waals surface area (Å²) in [4.78, 5) is 0. The minimum absolute atomic E-state index is 1.13. The van der Waals surface area contributed by atoms with Crippen LogP contribution < -0.4 is 0 Å². The van der Waals surface area contributed by atoms with Gasteiger partial charge in [-0.05, 0) is 60.7 Å². The molecule has 7 unspecified atom stereocenters. The molecule has 0 N–H and O–H groups in total. The van der Waals surface area contributed by atoms with Gasteiger partial charge in [0.2, 0.25) is 0 Å². The van der Waals surface area contributed by atoms with E-state index < -0.39 is 0 Å². The van der Waals surface area contributed by atoms with E-state index in [1.165, 1.54) is 35.5 Å². The second-order valence-corrected chi connectivity index (χ2v) is 5.48. The Hall–Kier alpha value is 0. The molecular formula is C11H16. The Kier molecular flexibility index (Phi) is 0.717. The Morgan fingerprint density at radius 2 is 1.55 bits per heavy atom. The molecule has 0 aliphatic heterocycles. The van der Waals surface area contributed by atoms with E-state index in [1.54, 1.807) is 19.3 Å². The molecule has 7 atom stereocenters. The zero-order chi connectivity index (χ0) is 7.16. The Bertz CT molecular complexity index is 204. The van der Waals surface area contributed by atoms with Gasteiger partial charge in [0.15, 0.2) is 0 Å². The van der Waals surface area contributed by atoms with Gasteiger partial charge in [0.1, 0.15) is 0 Å². The molecule has 4 rings (SSSR count). The van der Waals surface area contributed by atoms with Gasteiger partial charge in [-0.15, -0.1) is 0 Å². The second kappa shape index (κ2) is 1.41. The van der Waals surface area contributed by atoms with Gasteiger partial charge in [-0.1, -0.05) is 6.92 Å². The van der Waals surface area contributed by atoms with E-state index in [-0.39, 0.29) is 0 Å². The Morgan fingerprint density at radius 1 is 0.818 bits per heavy atom. The summed E-state index contributed by atoms with van der Waals surface area (Å²) in [6.45, 7) is 2.54. The van der Waals surface area contributed by atoms with Crippen molar-refractivity contribution in [3.63, 3.8) is 0 Å². The van der Waals surface area contributed by atoms with Crippen molar-refractivity contribution in [2.24, 2.45) is 41.4 Å². The van der Waals surface area contributed by atoms with Gasteiger partial charge in [-0.25, -0.2) is 0 Å². The third-order valence-corrected chi connectivity index (χ3v) is 5.48. The normalized spacial score (nSPS) is 75.5. The summed E-state index contributed by atoms with van der Waals surface area (Å²) < 4.78 is 0. The molecule has 0 aromatic carbocycles. The smallest absolute Gasteiger partial charge is 0.0318 e. The van der Waals surface area contributed by atoms with E-state index in [0.717, 1.165) is 5.92 Å². The molecule has 4 fully saturated rings. The van der Waals surface area contributed by atoms with Gasteiger partial charge in [0.25, 0.3) is 0 Å². The van der Waals surface area contributed by atoms with Crippen LogP contribution in [0.15, 0.2) is 0 Å². The van der Waals surface area contributed by atoms with Gasteiger partial charge in [0.05, 0.1) is 0 Å². The largest absolute Gasteiger partial charge is 0.0619 e. The van der Waals surface area contributed by atoms with Crippen molar-refractivity contribution in [2.45, 2.75) is 26.2 Å². The molecule has 0 spiro atoms. The number of hydrogen-bond donors (Lipinski definition) is 0. The quantitative estimate of drug-likeness (QED) is 0.495. The zero-order valence-electron chi connectivity index (χ0n) is 7.16. The van der Waals surface area contributed by atoms with Gasteiger partial charge in [-0.3, -0.25) is 0 Å². The summed E-state index contributed by atoms with van der Waals surface area (Å²) in [5.74, 6) is 8.49. The fourth-order valence-corrected chi connectivity index (χ4v) is 4.86. The minimum atomic E-state index is 1.13. The van der Waals surface area contributed by atoms with Crippen LogP contribution in [0.2, 0.25) is 0 Å². The standard InChI is InChI=1S/C11H16/c1-5-6-2-3-7(6)11-9-4-8(9)10(5)11/h5-11H,2-4H2,1H3. The first-order valence-corrected chi connectivity index (χ1v) is 5.38. The third-order valence-electron chi connectivity index (χ3n) is 5.48. The van der Waals surface area contributed by atoms with E-state index in [9.17, 15) is 0 Å². The topological polar surface area (TPSA) is 0 Å². The average molecular weight is 148 g/mol. The molecule has 0 amide bonds. The molecule has 4 aliphatic rings. The molecule has 4 saturated carbocycles. The van der Waals surface area contributed by atoms with Crippen molar-refractivity contribution in [2.75, 3.05) is 0 Å². The van der Waals surface area contributed by atoms with Gasteiger partial charge >= 0.3 is 0 Å². The number of hydrogen-bond acceptors (Lipinski definition) is 0. The van der Waals surface area contributed by atoms with E-state index in [2.05, 4.69) is 6.92 Å². The lowest BCUT2D eigenvalue weighted by Gasteiger charge is -2.38. The van der Waals surface area contributed by atoms with Gasteiger partial charge < -0.3 is 0 Å². The highest BCUT2D eigenvalue weighted by Gasteiger charge is 2.71. The maximum Gasteiger partial charge on any atom is -0.0318 e. The monoisotopic (exact) mass is 148 g/mol. The molecule has 4 aliphatic carbocycles. The van der Waals surface area contributed by atoms with Crippen molar-refractivity contribution in [1.29, 1.82) is 0 Å². The first kappa shape index (κ1) is 5.61. The minimum Gasteiger partial charge on any atom is -0.0619 e. The molecule has 0 bridgehead atoms. The SMILES string of the molecule is CC1C2CCC2C2C3CC3C12. The van der Waals surface area contributed by atoms with Crippen LogP contribution in [-0.4, -0.2) is 0 Å². The highest BCUT2D eigenvalue weighted by atomic mass is 14.8.